The molecule has 3 rings (SSSR count). The number of hydrogen-bond donors (Lipinski definition) is 1. The van der Waals surface area contributed by atoms with Crippen molar-refractivity contribution >= 4 is 17.3 Å². The Hall–Kier alpha value is -0.870. The Morgan fingerprint density at radius 1 is 1.35 bits per heavy atom. The second-order valence-electron chi connectivity index (χ2n) is 6.22. The highest BCUT2D eigenvalue weighted by atomic mass is 32.1. The number of aromatic carboxylic acids is 1. The lowest BCUT2D eigenvalue weighted by molar-refractivity contribution is 0.0546. The van der Waals surface area contributed by atoms with E-state index in [1.807, 2.05) is 6.07 Å². The molecule has 1 aliphatic heterocycles. The molecule has 1 aromatic heterocycles. The first-order valence-corrected chi connectivity index (χ1v) is 8.53. The second kappa shape index (κ2) is 5.86. The number of fused-ring (bicyclic) bond motifs is 1. The Balaban J connectivity index is 1.74. The molecule has 2 heterocycles. The van der Waals surface area contributed by atoms with Crippen LogP contribution in [0.4, 0.5) is 0 Å². The Morgan fingerprint density at radius 3 is 2.85 bits per heavy atom. The number of rotatable bonds is 3. The lowest BCUT2D eigenvalue weighted by Gasteiger charge is -2.44. The first-order chi connectivity index (χ1) is 9.65. The molecule has 2 atom stereocenters. The van der Waals surface area contributed by atoms with E-state index in [1.165, 1.54) is 66.8 Å². The third-order valence-corrected chi connectivity index (χ3v) is 6.04. The highest BCUT2D eigenvalue weighted by Gasteiger charge is 2.33. The summed E-state index contributed by atoms with van der Waals surface area (Å²) in [5, 5.41) is 9.11. The number of carboxylic acids is 1. The van der Waals surface area contributed by atoms with Crippen LogP contribution >= 0.6 is 11.3 Å². The summed E-state index contributed by atoms with van der Waals surface area (Å²) in [6.45, 7) is 4.17. The molecule has 0 aromatic carbocycles. The first-order valence-electron chi connectivity index (χ1n) is 7.72. The van der Waals surface area contributed by atoms with Crippen LogP contribution in [-0.2, 0) is 6.54 Å². The van der Waals surface area contributed by atoms with Crippen LogP contribution in [0.2, 0.25) is 0 Å². The van der Waals surface area contributed by atoms with Gasteiger partial charge in [0.05, 0.1) is 0 Å². The Bertz CT molecular complexity index is 495. The number of nitrogens with zero attached hydrogens (tertiary/aromatic N) is 1. The van der Waals surface area contributed by atoms with Crippen molar-refractivity contribution < 1.29 is 9.90 Å². The van der Waals surface area contributed by atoms with Gasteiger partial charge in [-0.2, -0.15) is 0 Å². The van der Waals surface area contributed by atoms with Crippen LogP contribution in [0.25, 0.3) is 0 Å². The zero-order chi connectivity index (χ0) is 14.1. The van der Waals surface area contributed by atoms with Crippen LogP contribution in [0.15, 0.2) is 6.07 Å². The molecule has 4 heteroatoms. The first kappa shape index (κ1) is 14.1. The highest BCUT2D eigenvalue weighted by molar-refractivity contribution is 7.14. The average Bonchev–Trinajstić information content (AvgIpc) is 2.81. The lowest BCUT2D eigenvalue weighted by Crippen LogP contribution is -2.46. The molecule has 1 saturated carbocycles. The van der Waals surface area contributed by atoms with Gasteiger partial charge in [-0.1, -0.05) is 12.8 Å². The van der Waals surface area contributed by atoms with Gasteiger partial charge in [-0.15, -0.1) is 11.3 Å². The van der Waals surface area contributed by atoms with Crippen molar-refractivity contribution in [3.05, 3.63) is 21.4 Å². The van der Waals surface area contributed by atoms with Crippen LogP contribution in [0.5, 0.6) is 0 Å². The molecule has 0 amide bonds. The summed E-state index contributed by atoms with van der Waals surface area (Å²) in [6.07, 6.45) is 8.18. The molecule has 2 aliphatic rings. The van der Waals surface area contributed by atoms with Crippen LogP contribution in [0, 0.1) is 12.8 Å². The molecule has 1 aromatic rings. The molecule has 1 aliphatic carbocycles. The molecule has 3 nitrogen and oxygen atoms in total. The molecule has 2 fully saturated rings. The van der Waals surface area contributed by atoms with Crippen molar-refractivity contribution in [2.24, 2.45) is 5.92 Å². The maximum absolute atomic E-state index is 11.1. The lowest BCUT2D eigenvalue weighted by atomic mass is 9.78. The van der Waals surface area contributed by atoms with Gasteiger partial charge >= 0.3 is 5.97 Å². The summed E-state index contributed by atoms with van der Waals surface area (Å²) in [5.41, 5.74) is 1.22. The predicted molar refractivity (Wildman–Crippen MR) is 81.4 cm³/mol. The fourth-order valence-electron chi connectivity index (χ4n) is 3.93. The summed E-state index contributed by atoms with van der Waals surface area (Å²) in [5.74, 6) is 0.0916. The largest absolute Gasteiger partial charge is 0.477 e. The van der Waals surface area contributed by atoms with Crippen molar-refractivity contribution in [1.82, 2.24) is 4.90 Å². The van der Waals surface area contributed by atoms with E-state index in [-0.39, 0.29) is 0 Å². The van der Waals surface area contributed by atoms with E-state index < -0.39 is 5.97 Å². The summed E-state index contributed by atoms with van der Waals surface area (Å²) in [6, 6.07) is 2.62. The van der Waals surface area contributed by atoms with Crippen LogP contribution < -0.4 is 0 Å². The summed E-state index contributed by atoms with van der Waals surface area (Å²) < 4.78 is 0. The number of likely N-dealkylation sites (tertiary alicyclic amines) is 1. The smallest absolute Gasteiger partial charge is 0.345 e. The van der Waals surface area contributed by atoms with Gasteiger partial charge in [0.2, 0.25) is 0 Å². The standard InChI is InChI=1S/C16H23NO2S/c1-11-13(9-15(20-11)16(18)19)10-17-8-4-6-12-5-2-3-7-14(12)17/h9,12,14H,2-8,10H2,1H3,(H,18,19). The molecule has 0 spiro atoms. The van der Waals surface area contributed by atoms with Gasteiger partial charge in [-0.25, -0.2) is 4.79 Å². The zero-order valence-corrected chi connectivity index (χ0v) is 12.9. The van der Waals surface area contributed by atoms with Gasteiger partial charge in [0.15, 0.2) is 0 Å². The van der Waals surface area contributed by atoms with Crippen molar-refractivity contribution in [3.8, 4) is 0 Å². The fraction of sp³-hybridized carbons (Fsp3) is 0.688. The van der Waals surface area contributed by atoms with Crippen molar-refractivity contribution in [2.45, 2.75) is 58.0 Å². The summed E-state index contributed by atoms with van der Waals surface area (Å²) in [4.78, 5) is 15.4. The quantitative estimate of drug-likeness (QED) is 0.918. The molecule has 0 radical (unpaired) electrons. The number of carboxylic acid groups (broad SMARTS) is 1. The van der Waals surface area contributed by atoms with Gasteiger partial charge < -0.3 is 5.11 Å². The fourth-order valence-corrected chi connectivity index (χ4v) is 4.80. The topological polar surface area (TPSA) is 40.5 Å². The third kappa shape index (κ3) is 2.77. The van der Waals surface area contributed by atoms with E-state index in [4.69, 9.17) is 5.11 Å². The molecule has 1 N–H and O–H groups in total. The predicted octanol–water partition coefficient (Wildman–Crippen LogP) is 3.91. The molecular weight excluding hydrogens is 270 g/mol. The van der Waals surface area contributed by atoms with Crippen LogP contribution in [0.1, 0.15) is 58.6 Å². The molecular formula is C16H23NO2S. The average molecular weight is 293 g/mol. The number of aryl methyl sites for hydroxylation is 1. The SMILES string of the molecule is Cc1sc(C(=O)O)cc1CN1CCCC2CCCCC21. The highest BCUT2D eigenvalue weighted by Crippen LogP contribution is 2.36. The number of carbonyl (C=O) groups is 1. The van der Waals surface area contributed by atoms with Crippen molar-refractivity contribution in [2.75, 3.05) is 6.54 Å². The Morgan fingerprint density at radius 2 is 2.10 bits per heavy atom. The van der Waals surface area contributed by atoms with Gasteiger partial charge in [-0.05, 0) is 56.7 Å². The van der Waals surface area contributed by atoms with Crippen molar-refractivity contribution in [1.29, 1.82) is 0 Å². The van der Waals surface area contributed by atoms with E-state index in [0.29, 0.717) is 4.88 Å². The minimum Gasteiger partial charge on any atom is -0.477 e. The maximum Gasteiger partial charge on any atom is 0.345 e. The summed E-state index contributed by atoms with van der Waals surface area (Å²) in [7, 11) is 0. The Labute approximate surface area is 124 Å². The van der Waals surface area contributed by atoms with Crippen LogP contribution in [0.3, 0.4) is 0 Å². The second-order valence-corrected chi connectivity index (χ2v) is 7.48. The maximum atomic E-state index is 11.1. The molecule has 110 valence electrons. The van der Waals surface area contributed by atoms with Gasteiger partial charge in [0.1, 0.15) is 4.88 Å². The minimum absolute atomic E-state index is 0.481. The van der Waals surface area contributed by atoms with Crippen molar-refractivity contribution in [3.63, 3.8) is 0 Å². The van der Waals surface area contributed by atoms with E-state index in [0.717, 1.165) is 18.5 Å². The number of hydrogen-bond acceptors (Lipinski definition) is 3. The monoisotopic (exact) mass is 293 g/mol. The molecule has 2 unspecified atom stereocenters. The number of piperidine rings is 1. The number of thiophene rings is 1. The molecule has 0 bridgehead atoms. The minimum atomic E-state index is -0.793. The summed E-state index contributed by atoms with van der Waals surface area (Å²) >= 11 is 1.41. The van der Waals surface area contributed by atoms with E-state index in [1.54, 1.807) is 0 Å². The van der Waals surface area contributed by atoms with Gasteiger partial charge in [0.25, 0.3) is 0 Å². The Kier molecular flexibility index (Phi) is 4.13. The normalized spacial score (nSPS) is 27.2. The van der Waals surface area contributed by atoms with Gasteiger partial charge in [0, 0.05) is 17.5 Å². The molecule has 20 heavy (non-hydrogen) atoms. The van der Waals surface area contributed by atoms with E-state index >= 15 is 0 Å². The van der Waals surface area contributed by atoms with E-state index in [2.05, 4.69) is 11.8 Å². The zero-order valence-electron chi connectivity index (χ0n) is 12.1. The third-order valence-electron chi connectivity index (χ3n) is 4.96. The van der Waals surface area contributed by atoms with Gasteiger partial charge in [-0.3, -0.25) is 4.90 Å². The van der Waals surface area contributed by atoms with Crippen LogP contribution in [-0.4, -0.2) is 28.6 Å². The van der Waals surface area contributed by atoms with E-state index in [9.17, 15) is 4.79 Å². The molecule has 1 saturated heterocycles.